The molecular formula is C14H18N6O3. The minimum Gasteiger partial charge on any atom is -0.467 e. The largest absolute Gasteiger partial charge is 0.467 e. The van der Waals surface area contributed by atoms with E-state index in [0.29, 0.717) is 30.2 Å². The van der Waals surface area contributed by atoms with Crippen molar-refractivity contribution in [2.45, 2.75) is 0 Å². The standard InChI is InChI=1S/C14H18N6O3/c1-20(2)4-5-23-14(21)19-12-9-15-11(8-16-12)10-6-17-13(22-3)18-7-10/h6-9H,4-5H2,1-3H3,(H,16,19,21). The summed E-state index contributed by atoms with van der Waals surface area (Å²) in [5.41, 5.74) is 1.28. The SMILES string of the molecule is COc1ncc(-c2cnc(NC(=O)OCCN(C)C)cn2)cn1. The van der Waals surface area contributed by atoms with Gasteiger partial charge in [0, 0.05) is 24.5 Å². The minimum atomic E-state index is -0.568. The molecule has 0 bridgehead atoms. The van der Waals surface area contributed by atoms with E-state index in [1.54, 1.807) is 12.4 Å². The summed E-state index contributed by atoms with van der Waals surface area (Å²) in [5.74, 6) is 0.304. The van der Waals surface area contributed by atoms with E-state index in [0.717, 1.165) is 0 Å². The summed E-state index contributed by atoms with van der Waals surface area (Å²) >= 11 is 0. The smallest absolute Gasteiger partial charge is 0.412 e. The number of ether oxygens (including phenoxy) is 2. The Labute approximate surface area is 133 Å². The zero-order chi connectivity index (χ0) is 16.7. The fourth-order valence-electron chi connectivity index (χ4n) is 1.56. The van der Waals surface area contributed by atoms with Gasteiger partial charge in [0.25, 0.3) is 0 Å². The van der Waals surface area contributed by atoms with Crippen LogP contribution >= 0.6 is 0 Å². The molecule has 0 spiro atoms. The van der Waals surface area contributed by atoms with Crippen molar-refractivity contribution in [2.24, 2.45) is 0 Å². The third-order valence-corrected chi connectivity index (χ3v) is 2.76. The molecule has 2 heterocycles. The lowest BCUT2D eigenvalue weighted by Gasteiger charge is -2.10. The molecular weight excluding hydrogens is 300 g/mol. The number of aromatic nitrogens is 4. The molecule has 0 aliphatic heterocycles. The zero-order valence-electron chi connectivity index (χ0n) is 13.2. The Morgan fingerprint density at radius 1 is 1.13 bits per heavy atom. The molecule has 1 amide bonds. The molecule has 0 aliphatic rings. The Bertz CT molecular complexity index is 630. The topological polar surface area (TPSA) is 102 Å². The van der Waals surface area contributed by atoms with Crippen LogP contribution in [-0.2, 0) is 4.74 Å². The third kappa shape index (κ3) is 5.15. The molecule has 0 aromatic carbocycles. The van der Waals surface area contributed by atoms with Crippen molar-refractivity contribution >= 4 is 11.9 Å². The maximum absolute atomic E-state index is 11.6. The molecule has 23 heavy (non-hydrogen) atoms. The quantitative estimate of drug-likeness (QED) is 0.843. The molecule has 0 radical (unpaired) electrons. The molecule has 2 aromatic rings. The summed E-state index contributed by atoms with van der Waals surface area (Å²) in [6, 6.07) is 0.278. The van der Waals surface area contributed by atoms with Gasteiger partial charge in [-0.15, -0.1) is 0 Å². The Kier molecular flexibility index (Phi) is 5.75. The summed E-state index contributed by atoms with van der Waals surface area (Å²) in [7, 11) is 5.29. The Balaban J connectivity index is 1.92. The minimum absolute atomic E-state index is 0.278. The highest BCUT2D eigenvalue weighted by Gasteiger charge is 2.07. The van der Waals surface area contributed by atoms with Gasteiger partial charge in [0.1, 0.15) is 6.61 Å². The van der Waals surface area contributed by atoms with Gasteiger partial charge in [0.15, 0.2) is 5.82 Å². The van der Waals surface area contributed by atoms with Gasteiger partial charge in [-0.2, -0.15) is 0 Å². The van der Waals surface area contributed by atoms with Crippen LogP contribution in [0.2, 0.25) is 0 Å². The predicted octanol–water partition coefficient (Wildman–Crippen LogP) is 1.05. The molecule has 0 saturated carbocycles. The van der Waals surface area contributed by atoms with Gasteiger partial charge in [-0.25, -0.2) is 19.7 Å². The molecule has 0 fully saturated rings. The van der Waals surface area contributed by atoms with Crippen molar-refractivity contribution in [3.63, 3.8) is 0 Å². The van der Waals surface area contributed by atoms with E-state index in [-0.39, 0.29) is 6.01 Å². The monoisotopic (exact) mass is 318 g/mol. The fraction of sp³-hybridized carbons (Fsp3) is 0.357. The molecule has 1 N–H and O–H groups in total. The lowest BCUT2D eigenvalue weighted by Crippen LogP contribution is -2.22. The van der Waals surface area contributed by atoms with Gasteiger partial charge in [-0.05, 0) is 14.1 Å². The van der Waals surface area contributed by atoms with E-state index in [1.165, 1.54) is 19.5 Å². The lowest BCUT2D eigenvalue weighted by molar-refractivity contribution is 0.151. The first-order valence-electron chi connectivity index (χ1n) is 6.85. The normalized spacial score (nSPS) is 10.4. The summed E-state index contributed by atoms with van der Waals surface area (Å²) in [6.07, 6.45) is 5.55. The van der Waals surface area contributed by atoms with Crippen LogP contribution < -0.4 is 10.1 Å². The first kappa shape index (κ1) is 16.6. The number of methoxy groups -OCH3 is 1. The highest BCUT2D eigenvalue weighted by molar-refractivity contribution is 5.83. The number of hydrogen-bond donors (Lipinski definition) is 1. The Morgan fingerprint density at radius 3 is 2.43 bits per heavy atom. The molecule has 2 aromatic heterocycles. The number of nitrogens with one attached hydrogen (secondary N) is 1. The van der Waals surface area contributed by atoms with Crippen LogP contribution in [0.4, 0.5) is 10.6 Å². The maximum atomic E-state index is 11.6. The number of rotatable bonds is 6. The van der Waals surface area contributed by atoms with E-state index >= 15 is 0 Å². The number of carbonyl (C=O) groups is 1. The van der Waals surface area contributed by atoms with Crippen molar-refractivity contribution in [1.82, 2.24) is 24.8 Å². The third-order valence-electron chi connectivity index (χ3n) is 2.76. The van der Waals surface area contributed by atoms with E-state index in [4.69, 9.17) is 9.47 Å². The average Bonchev–Trinajstić information content (AvgIpc) is 2.55. The van der Waals surface area contributed by atoms with Crippen LogP contribution in [0.3, 0.4) is 0 Å². The first-order chi connectivity index (χ1) is 11.1. The summed E-state index contributed by atoms with van der Waals surface area (Å²) in [6.45, 7) is 0.947. The molecule has 0 saturated heterocycles. The highest BCUT2D eigenvalue weighted by atomic mass is 16.5. The van der Waals surface area contributed by atoms with Gasteiger partial charge < -0.3 is 14.4 Å². The molecule has 9 nitrogen and oxygen atoms in total. The second kappa shape index (κ2) is 7.99. The fourth-order valence-corrected chi connectivity index (χ4v) is 1.56. The second-order valence-electron chi connectivity index (χ2n) is 4.81. The van der Waals surface area contributed by atoms with Crippen molar-refractivity contribution in [1.29, 1.82) is 0 Å². The summed E-state index contributed by atoms with van der Waals surface area (Å²) in [5, 5.41) is 2.51. The number of nitrogens with zero attached hydrogens (tertiary/aromatic N) is 5. The molecule has 122 valence electrons. The maximum Gasteiger partial charge on any atom is 0.412 e. The van der Waals surface area contributed by atoms with Crippen molar-refractivity contribution in [2.75, 3.05) is 39.7 Å². The number of likely N-dealkylation sites (N-methyl/N-ethyl adjacent to an activating group) is 1. The van der Waals surface area contributed by atoms with E-state index in [9.17, 15) is 4.79 Å². The zero-order valence-corrected chi connectivity index (χ0v) is 13.2. The van der Waals surface area contributed by atoms with Crippen LogP contribution in [-0.4, -0.2) is 65.3 Å². The molecule has 0 atom stereocenters. The van der Waals surface area contributed by atoms with E-state index < -0.39 is 6.09 Å². The summed E-state index contributed by atoms with van der Waals surface area (Å²) in [4.78, 5) is 29.8. The van der Waals surface area contributed by atoms with Gasteiger partial charge in [0.05, 0.1) is 25.2 Å². The van der Waals surface area contributed by atoms with E-state index in [1.807, 2.05) is 19.0 Å². The molecule has 9 heteroatoms. The van der Waals surface area contributed by atoms with Crippen molar-refractivity contribution in [3.05, 3.63) is 24.8 Å². The lowest BCUT2D eigenvalue weighted by atomic mass is 10.2. The average molecular weight is 318 g/mol. The van der Waals surface area contributed by atoms with Gasteiger partial charge in [-0.3, -0.25) is 10.3 Å². The second-order valence-corrected chi connectivity index (χ2v) is 4.81. The van der Waals surface area contributed by atoms with Crippen molar-refractivity contribution in [3.8, 4) is 17.3 Å². The van der Waals surface area contributed by atoms with E-state index in [2.05, 4.69) is 25.3 Å². The van der Waals surface area contributed by atoms with Crippen molar-refractivity contribution < 1.29 is 14.3 Å². The van der Waals surface area contributed by atoms with Crippen LogP contribution in [0, 0.1) is 0 Å². The van der Waals surface area contributed by atoms with Gasteiger partial charge >= 0.3 is 12.1 Å². The highest BCUT2D eigenvalue weighted by Crippen LogP contribution is 2.15. The summed E-state index contributed by atoms with van der Waals surface area (Å²) < 4.78 is 9.90. The van der Waals surface area contributed by atoms with Crippen LogP contribution in [0.15, 0.2) is 24.8 Å². The molecule has 2 rings (SSSR count). The Hall–Kier alpha value is -2.81. The number of hydrogen-bond acceptors (Lipinski definition) is 8. The predicted molar refractivity (Wildman–Crippen MR) is 83.1 cm³/mol. The van der Waals surface area contributed by atoms with Crippen LogP contribution in [0.1, 0.15) is 0 Å². The van der Waals surface area contributed by atoms with Crippen LogP contribution in [0.25, 0.3) is 11.3 Å². The number of anilines is 1. The van der Waals surface area contributed by atoms with Gasteiger partial charge in [0.2, 0.25) is 0 Å². The first-order valence-corrected chi connectivity index (χ1v) is 6.85. The van der Waals surface area contributed by atoms with Crippen LogP contribution in [0.5, 0.6) is 6.01 Å². The number of amides is 1. The molecule has 0 unspecified atom stereocenters. The number of carbonyl (C=O) groups excluding carboxylic acids is 1. The van der Waals surface area contributed by atoms with Gasteiger partial charge in [-0.1, -0.05) is 0 Å². The molecule has 0 aliphatic carbocycles. The Morgan fingerprint density at radius 2 is 1.87 bits per heavy atom.